The van der Waals surface area contributed by atoms with Crippen LogP contribution >= 0.6 is 0 Å². The second-order valence-corrected chi connectivity index (χ2v) is 5.80. The third-order valence-corrected chi connectivity index (χ3v) is 3.30. The number of carbonyl (C=O) groups is 1. The van der Waals surface area contributed by atoms with E-state index in [-0.39, 0.29) is 5.97 Å². The van der Waals surface area contributed by atoms with Crippen molar-refractivity contribution in [2.24, 2.45) is 11.3 Å². The van der Waals surface area contributed by atoms with Crippen LogP contribution in [0.3, 0.4) is 0 Å². The fourth-order valence-corrected chi connectivity index (χ4v) is 2.83. The topological polar surface area (TPSA) is 26.3 Å². The molecule has 0 N–H and O–H groups in total. The van der Waals surface area contributed by atoms with Gasteiger partial charge in [0.2, 0.25) is 0 Å². The van der Waals surface area contributed by atoms with Crippen molar-refractivity contribution in [1.29, 1.82) is 0 Å². The van der Waals surface area contributed by atoms with Crippen molar-refractivity contribution < 1.29 is 9.53 Å². The van der Waals surface area contributed by atoms with Crippen molar-refractivity contribution in [3.8, 4) is 0 Å². The van der Waals surface area contributed by atoms with E-state index in [2.05, 4.69) is 20.8 Å². The Morgan fingerprint density at radius 3 is 2.62 bits per heavy atom. The highest BCUT2D eigenvalue weighted by molar-refractivity contribution is 5.88. The predicted molar refractivity (Wildman–Crippen MR) is 66.1 cm³/mol. The molecule has 0 saturated heterocycles. The highest BCUT2D eigenvalue weighted by atomic mass is 16.5. The molecule has 2 heteroatoms. The van der Waals surface area contributed by atoms with Crippen molar-refractivity contribution in [2.75, 3.05) is 6.61 Å². The van der Waals surface area contributed by atoms with Gasteiger partial charge in [-0.1, -0.05) is 26.3 Å². The van der Waals surface area contributed by atoms with Crippen molar-refractivity contribution in [1.82, 2.24) is 0 Å². The zero-order valence-corrected chi connectivity index (χ0v) is 11.2. The van der Waals surface area contributed by atoms with Gasteiger partial charge in [0, 0.05) is 5.57 Å². The molecule has 0 bridgehead atoms. The minimum atomic E-state index is -0.137. The molecule has 0 spiro atoms. The van der Waals surface area contributed by atoms with E-state index in [1.54, 1.807) is 0 Å². The average Bonchev–Trinajstić information content (AvgIpc) is 2.13. The third-order valence-electron chi connectivity index (χ3n) is 3.30. The third kappa shape index (κ3) is 3.36. The van der Waals surface area contributed by atoms with Crippen LogP contribution in [0.15, 0.2) is 11.1 Å². The van der Waals surface area contributed by atoms with Gasteiger partial charge >= 0.3 is 5.97 Å². The molecular weight excluding hydrogens is 200 g/mol. The number of hydrogen-bond acceptors (Lipinski definition) is 2. The quantitative estimate of drug-likeness (QED) is 0.528. The lowest BCUT2D eigenvalue weighted by molar-refractivity contribution is -0.138. The number of rotatable bonds is 2. The van der Waals surface area contributed by atoms with E-state index < -0.39 is 0 Å². The molecule has 0 aromatic carbocycles. The van der Waals surface area contributed by atoms with E-state index in [1.165, 1.54) is 12.0 Å². The first-order valence-corrected chi connectivity index (χ1v) is 6.21. The Labute approximate surface area is 99.1 Å². The van der Waals surface area contributed by atoms with Crippen LogP contribution < -0.4 is 0 Å². The molecule has 0 aliphatic heterocycles. The van der Waals surface area contributed by atoms with Crippen molar-refractivity contribution in [3.63, 3.8) is 0 Å². The standard InChI is InChI=1S/C14H24O2/c1-6-16-13(15)11(3)12-7-10(2)8-14(4,5)9-12/h10H,6-9H2,1-5H3. The van der Waals surface area contributed by atoms with Crippen molar-refractivity contribution >= 4 is 5.97 Å². The fraction of sp³-hybridized carbons (Fsp3) is 0.786. The highest BCUT2D eigenvalue weighted by Crippen LogP contribution is 2.42. The first-order chi connectivity index (χ1) is 7.35. The minimum absolute atomic E-state index is 0.137. The lowest BCUT2D eigenvalue weighted by atomic mass is 9.69. The van der Waals surface area contributed by atoms with E-state index in [0.717, 1.165) is 18.4 Å². The smallest absolute Gasteiger partial charge is 0.333 e. The van der Waals surface area contributed by atoms with Crippen LogP contribution in [0.5, 0.6) is 0 Å². The maximum Gasteiger partial charge on any atom is 0.333 e. The molecular formula is C14H24O2. The number of esters is 1. The van der Waals surface area contributed by atoms with Gasteiger partial charge in [0.25, 0.3) is 0 Å². The predicted octanol–water partition coefficient (Wildman–Crippen LogP) is 3.71. The lowest BCUT2D eigenvalue weighted by Gasteiger charge is -2.36. The van der Waals surface area contributed by atoms with Gasteiger partial charge in [0.15, 0.2) is 0 Å². The first kappa shape index (κ1) is 13.3. The summed E-state index contributed by atoms with van der Waals surface area (Å²) >= 11 is 0. The Kier molecular flexibility index (Phi) is 4.17. The van der Waals surface area contributed by atoms with Crippen molar-refractivity contribution in [2.45, 2.75) is 53.9 Å². The minimum Gasteiger partial charge on any atom is -0.463 e. The van der Waals surface area contributed by atoms with Gasteiger partial charge in [-0.2, -0.15) is 0 Å². The molecule has 0 aromatic rings. The van der Waals surface area contributed by atoms with Crippen LogP contribution in [0.2, 0.25) is 0 Å². The summed E-state index contributed by atoms with van der Waals surface area (Å²) in [6.45, 7) is 11.0. The van der Waals surface area contributed by atoms with Crippen LogP contribution in [0, 0.1) is 11.3 Å². The molecule has 1 aliphatic carbocycles. The molecule has 1 atom stereocenters. The summed E-state index contributed by atoms with van der Waals surface area (Å²) in [7, 11) is 0. The van der Waals surface area contributed by atoms with Gasteiger partial charge in [-0.3, -0.25) is 0 Å². The van der Waals surface area contributed by atoms with E-state index in [1.807, 2.05) is 13.8 Å². The molecule has 0 radical (unpaired) electrons. The first-order valence-electron chi connectivity index (χ1n) is 6.21. The van der Waals surface area contributed by atoms with Gasteiger partial charge in [-0.05, 0) is 44.4 Å². The summed E-state index contributed by atoms with van der Waals surface area (Å²) in [5.74, 6) is 0.533. The molecule has 1 aliphatic rings. The zero-order chi connectivity index (χ0) is 12.3. The second kappa shape index (κ2) is 5.03. The van der Waals surface area contributed by atoms with Crippen LogP contribution in [-0.4, -0.2) is 12.6 Å². The molecule has 1 unspecified atom stereocenters. The molecule has 1 rings (SSSR count). The Morgan fingerprint density at radius 1 is 1.50 bits per heavy atom. The molecule has 16 heavy (non-hydrogen) atoms. The SMILES string of the molecule is CCOC(=O)C(C)=C1CC(C)CC(C)(C)C1. The van der Waals surface area contributed by atoms with Crippen LogP contribution in [0.4, 0.5) is 0 Å². The number of carbonyl (C=O) groups excluding carboxylic acids is 1. The van der Waals surface area contributed by atoms with Gasteiger partial charge in [-0.25, -0.2) is 4.79 Å². The summed E-state index contributed by atoms with van der Waals surface area (Å²) in [5, 5.41) is 0. The van der Waals surface area contributed by atoms with Crippen LogP contribution in [-0.2, 0) is 9.53 Å². The van der Waals surface area contributed by atoms with E-state index in [0.29, 0.717) is 17.9 Å². The molecule has 0 aromatic heterocycles. The molecule has 2 nitrogen and oxygen atoms in total. The summed E-state index contributed by atoms with van der Waals surface area (Å²) in [6.07, 6.45) is 3.32. The Balaban J connectivity index is 2.85. The van der Waals surface area contributed by atoms with Crippen LogP contribution in [0.25, 0.3) is 0 Å². The average molecular weight is 224 g/mol. The fourth-order valence-electron chi connectivity index (χ4n) is 2.83. The highest BCUT2D eigenvalue weighted by Gasteiger charge is 2.30. The van der Waals surface area contributed by atoms with Gasteiger partial charge in [0.1, 0.15) is 0 Å². The largest absolute Gasteiger partial charge is 0.463 e. The zero-order valence-electron chi connectivity index (χ0n) is 11.2. The normalized spacial score (nSPS) is 27.4. The molecule has 92 valence electrons. The number of hydrogen-bond donors (Lipinski definition) is 0. The number of allylic oxidation sites excluding steroid dienone is 1. The van der Waals surface area contributed by atoms with Crippen molar-refractivity contribution in [3.05, 3.63) is 11.1 Å². The maximum atomic E-state index is 11.7. The van der Waals surface area contributed by atoms with Gasteiger partial charge in [-0.15, -0.1) is 0 Å². The molecule has 0 heterocycles. The van der Waals surface area contributed by atoms with Crippen LogP contribution in [0.1, 0.15) is 53.9 Å². The summed E-state index contributed by atoms with van der Waals surface area (Å²) in [4.78, 5) is 11.7. The van der Waals surface area contributed by atoms with E-state index >= 15 is 0 Å². The summed E-state index contributed by atoms with van der Waals surface area (Å²) in [5.41, 5.74) is 2.45. The van der Waals surface area contributed by atoms with Gasteiger partial charge < -0.3 is 4.74 Å². The second-order valence-electron chi connectivity index (χ2n) is 5.80. The molecule has 0 amide bonds. The monoisotopic (exact) mass is 224 g/mol. The molecule has 1 fully saturated rings. The van der Waals surface area contributed by atoms with E-state index in [9.17, 15) is 4.79 Å². The van der Waals surface area contributed by atoms with Gasteiger partial charge in [0.05, 0.1) is 6.61 Å². The maximum absolute atomic E-state index is 11.7. The summed E-state index contributed by atoms with van der Waals surface area (Å²) in [6, 6.07) is 0. The number of ether oxygens (including phenoxy) is 1. The molecule has 1 saturated carbocycles. The van der Waals surface area contributed by atoms with E-state index in [4.69, 9.17) is 4.74 Å². The Morgan fingerprint density at radius 2 is 2.12 bits per heavy atom. The Hall–Kier alpha value is -0.790. The summed E-state index contributed by atoms with van der Waals surface area (Å²) < 4.78 is 5.06. The Bertz CT molecular complexity index is 300. The lowest BCUT2D eigenvalue weighted by Crippen LogP contribution is -2.24.